The van der Waals surface area contributed by atoms with Crippen LogP contribution in [0.3, 0.4) is 0 Å². The lowest BCUT2D eigenvalue weighted by molar-refractivity contribution is 0.471. The lowest BCUT2D eigenvalue weighted by atomic mass is 10.3. The first kappa shape index (κ1) is 16.4. The number of hydrogen-bond acceptors (Lipinski definition) is 5. The molecule has 2 rings (SSSR count). The topological polar surface area (TPSA) is 63.4 Å². The van der Waals surface area contributed by atoms with E-state index in [1.54, 1.807) is 18.4 Å². The molecule has 0 aliphatic heterocycles. The summed E-state index contributed by atoms with van der Waals surface area (Å²) in [5, 5.41) is 1.95. The Labute approximate surface area is 134 Å². The molecule has 0 bridgehead atoms. The van der Waals surface area contributed by atoms with Crippen molar-refractivity contribution in [2.45, 2.75) is 11.4 Å². The van der Waals surface area contributed by atoms with Gasteiger partial charge >= 0.3 is 0 Å². The number of nitrogens with two attached hydrogens (primary N) is 1. The van der Waals surface area contributed by atoms with Crippen LogP contribution in [0.4, 0.5) is 5.69 Å². The van der Waals surface area contributed by atoms with E-state index in [1.165, 1.54) is 16.1 Å². The van der Waals surface area contributed by atoms with E-state index in [9.17, 15) is 8.42 Å². The highest BCUT2D eigenvalue weighted by molar-refractivity contribution is 8.00. The van der Waals surface area contributed by atoms with Gasteiger partial charge in [0.15, 0.2) is 0 Å². The highest BCUT2D eigenvalue weighted by Crippen LogP contribution is 2.20. The number of nitrogens with zero attached hydrogens (tertiary/aromatic N) is 1. The van der Waals surface area contributed by atoms with E-state index in [1.807, 2.05) is 41.8 Å². The first-order valence-corrected chi connectivity index (χ1v) is 9.89. The van der Waals surface area contributed by atoms with Gasteiger partial charge < -0.3 is 5.73 Å². The van der Waals surface area contributed by atoms with Crippen LogP contribution in [0.1, 0.15) is 4.88 Å². The molecule has 2 N–H and O–H groups in total. The lowest BCUT2D eigenvalue weighted by Crippen LogP contribution is -2.29. The molecule has 0 spiro atoms. The Morgan fingerprint density at radius 3 is 2.57 bits per heavy atom. The van der Waals surface area contributed by atoms with E-state index < -0.39 is 10.0 Å². The summed E-state index contributed by atoms with van der Waals surface area (Å²) in [5.74, 6) is 0.658. The summed E-state index contributed by atoms with van der Waals surface area (Å²) in [6.07, 6.45) is 0. The Kier molecular flexibility index (Phi) is 5.69. The molecule has 0 radical (unpaired) electrons. The molecule has 0 fully saturated rings. The summed E-state index contributed by atoms with van der Waals surface area (Å²) in [7, 11) is -1.59. The molecule has 2 aromatic rings. The minimum Gasteiger partial charge on any atom is -0.399 e. The number of nitrogen functional groups attached to an aromatic ring is 1. The second-order valence-electron chi connectivity index (χ2n) is 4.57. The first-order chi connectivity index (χ1) is 9.97. The van der Waals surface area contributed by atoms with E-state index in [0.29, 0.717) is 18.0 Å². The standard InChI is InChI=1S/C14H18N2O2S3/c1-16(11-14-3-2-8-19-14)21(17,18)10-9-20-13-6-4-12(15)5-7-13/h2-8H,9-11,15H2,1H3. The van der Waals surface area contributed by atoms with Crippen LogP contribution in [0, 0.1) is 0 Å². The van der Waals surface area contributed by atoms with Crippen LogP contribution in [0.15, 0.2) is 46.7 Å². The summed E-state index contributed by atoms with van der Waals surface area (Å²) >= 11 is 3.09. The summed E-state index contributed by atoms with van der Waals surface area (Å²) < 4.78 is 25.8. The Hall–Kier alpha value is -1.02. The second-order valence-corrected chi connectivity index (χ2v) is 8.96. The average Bonchev–Trinajstić information content (AvgIpc) is 2.94. The minimum absolute atomic E-state index is 0.129. The van der Waals surface area contributed by atoms with Crippen molar-refractivity contribution in [3.63, 3.8) is 0 Å². The van der Waals surface area contributed by atoms with Crippen molar-refractivity contribution in [2.75, 3.05) is 24.3 Å². The third-order valence-electron chi connectivity index (χ3n) is 2.92. The maximum Gasteiger partial charge on any atom is 0.215 e. The predicted molar refractivity (Wildman–Crippen MR) is 91.2 cm³/mol. The van der Waals surface area contributed by atoms with E-state index in [4.69, 9.17) is 5.73 Å². The van der Waals surface area contributed by atoms with E-state index >= 15 is 0 Å². The number of hydrogen-bond donors (Lipinski definition) is 1. The second kappa shape index (κ2) is 7.31. The summed E-state index contributed by atoms with van der Waals surface area (Å²) in [4.78, 5) is 2.08. The molecule has 0 amide bonds. The number of thiophene rings is 1. The minimum atomic E-state index is -3.22. The molecular weight excluding hydrogens is 324 g/mol. The monoisotopic (exact) mass is 342 g/mol. The molecule has 0 aliphatic rings. The Morgan fingerprint density at radius 1 is 1.24 bits per heavy atom. The molecule has 4 nitrogen and oxygen atoms in total. The number of sulfonamides is 1. The number of benzene rings is 1. The zero-order valence-corrected chi connectivity index (χ0v) is 14.2. The van der Waals surface area contributed by atoms with Gasteiger partial charge in [-0.2, -0.15) is 4.31 Å². The van der Waals surface area contributed by atoms with Crippen LogP contribution >= 0.6 is 23.1 Å². The van der Waals surface area contributed by atoms with E-state index in [-0.39, 0.29) is 5.75 Å². The Bertz CT molecular complexity index is 652. The maximum atomic E-state index is 12.2. The summed E-state index contributed by atoms with van der Waals surface area (Å²) in [6, 6.07) is 11.3. The van der Waals surface area contributed by atoms with Crippen molar-refractivity contribution < 1.29 is 8.42 Å². The molecule has 0 unspecified atom stereocenters. The first-order valence-electron chi connectivity index (χ1n) is 6.42. The van der Waals surface area contributed by atoms with Gasteiger partial charge in [-0.1, -0.05) is 6.07 Å². The van der Waals surface area contributed by atoms with Crippen LogP contribution in [0.5, 0.6) is 0 Å². The van der Waals surface area contributed by atoms with Gasteiger partial charge in [0.05, 0.1) is 5.75 Å². The highest BCUT2D eigenvalue weighted by atomic mass is 32.2. The normalized spacial score (nSPS) is 11.9. The van der Waals surface area contributed by atoms with Crippen LogP contribution in [0.25, 0.3) is 0 Å². The van der Waals surface area contributed by atoms with Gasteiger partial charge in [0.2, 0.25) is 10.0 Å². The van der Waals surface area contributed by atoms with Crippen molar-refractivity contribution in [2.24, 2.45) is 0 Å². The fourth-order valence-electron chi connectivity index (χ4n) is 1.71. The van der Waals surface area contributed by atoms with Crippen molar-refractivity contribution in [1.29, 1.82) is 0 Å². The molecule has 1 heterocycles. The van der Waals surface area contributed by atoms with Crippen LogP contribution in [-0.4, -0.2) is 31.3 Å². The smallest absolute Gasteiger partial charge is 0.215 e. The van der Waals surface area contributed by atoms with Crippen molar-refractivity contribution in [3.05, 3.63) is 46.7 Å². The Morgan fingerprint density at radius 2 is 1.95 bits per heavy atom. The van der Waals surface area contributed by atoms with E-state index in [0.717, 1.165) is 9.77 Å². The van der Waals surface area contributed by atoms with Crippen molar-refractivity contribution >= 4 is 38.8 Å². The van der Waals surface area contributed by atoms with Crippen LogP contribution in [0.2, 0.25) is 0 Å². The molecule has 0 saturated carbocycles. The van der Waals surface area contributed by atoms with Gasteiger partial charge in [-0.15, -0.1) is 23.1 Å². The quantitative estimate of drug-likeness (QED) is 0.621. The third kappa shape index (κ3) is 5.03. The Balaban J connectivity index is 1.84. The summed E-state index contributed by atoms with van der Waals surface area (Å²) in [5.41, 5.74) is 6.33. The molecule has 1 aromatic carbocycles. The molecule has 0 atom stereocenters. The fraction of sp³-hybridized carbons (Fsp3) is 0.286. The molecule has 0 aliphatic carbocycles. The summed E-state index contributed by atoms with van der Waals surface area (Å²) in [6.45, 7) is 0.437. The average molecular weight is 343 g/mol. The zero-order valence-electron chi connectivity index (χ0n) is 11.7. The number of anilines is 1. The van der Waals surface area contributed by atoms with Crippen molar-refractivity contribution in [1.82, 2.24) is 4.31 Å². The van der Waals surface area contributed by atoms with Crippen LogP contribution in [-0.2, 0) is 16.6 Å². The van der Waals surface area contributed by atoms with Gasteiger partial charge in [0.1, 0.15) is 0 Å². The SMILES string of the molecule is CN(Cc1cccs1)S(=O)(=O)CCSc1ccc(N)cc1. The lowest BCUT2D eigenvalue weighted by Gasteiger charge is -2.16. The van der Waals surface area contributed by atoms with Gasteiger partial charge in [0.25, 0.3) is 0 Å². The maximum absolute atomic E-state index is 12.2. The van der Waals surface area contributed by atoms with Gasteiger partial charge in [0, 0.05) is 34.8 Å². The molecular formula is C14H18N2O2S3. The fourth-order valence-corrected chi connectivity index (χ4v) is 4.93. The van der Waals surface area contributed by atoms with Gasteiger partial charge in [-0.3, -0.25) is 0 Å². The van der Waals surface area contributed by atoms with Crippen molar-refractivity contribution in [3.8, 4) is 0 Å². The van der Waals surface area contributed by atoms with Gasteiger partial charge in [-0.05, 0) is 35.7 Å². The molecule has 114 valence electrons. The number of rotatable bonds is 7. The molecule has 21 heavy (non-hydrogen) atoms. The van der Waals surface area contributed by atoms with Gasteiger partial charge in [-0.25, -0.2) is 8.42 Å². The largest absolute Gasteiger partial charge is 0.399 e. The highest BCUT2D eigenvalue weighted by Gasteiger charge is 2.18. The third-order valence-corrected chi connectivity index (χ3v) is 6.86. The number of thioether (sulfide) groups is 1. The predicted octanol–water partition coefficient (Wildman–Crippen LogP) is 2.88. The molecule has 7 heteroatoms. The van der Waals surface area contributed by atoms with Crippen LogP contribution < -0.4 is 5.73 Å². The zero-order chi connectivity index (χ0) is 15.3. The van der Waals surface area contributed by atoms with E-state index in [2.05, 4.69) is 0 Å². The molecule has 1 aromatic heterocycles. The molecule has 0 saturated heterocycles.